The maximum absolute atomic E-state index is 5.12. The Balaban J connectivity index is 2.28. The molecule has 0 N–H and O–H groups in total. The normalized spacial score (nSPS) is 17.3. The van der Waals surface area contributed by atoms with Gasteiger partial charge in [0.1, 0.15) is 0 Å². The summed E-state index contributed by atoms with van der Waals surface area (Å²) in [5.41, 5.74) is 4.43. The molecule has 0 aliphatic heterocycles. The molecular weight excluding hydrogens is 224 g/mol. The van der Waals surface area contributed by atoms with Crippen LogP contribution in [0.25, 0.3) is 0 Å². The highest BCUT2D eigenvalue weighted by molar-refractivity contribution is 5.97. The van der Waals surface area contributed by atoms with Crippen LogP contribution in [0.4, 0.5) is 0 Å². The SMILES string of the molecule is CCc1c(CO[Si])cccc1C1CCCCC1. The van der Waals surface area contributed by atoms with Crippen molar-refractivity contribution in [1.82, 2.24) is 0 Å². The minimum Gasteiger partial charge on any atom is -0.414 e. The van der Waals surface area contributed by atoms with Gasteiger partial charge in [0.2, 0.25) is 10.5 Å². The molecule has 2 heteroatoms. The molecule has 0 saturated heterocycles. The van der Waals surface area contributed by atoms with Gasteiger partial charge in [-0.3, -0.25) is 0 Å². The van der Waals surface area contributed by atoms with Crippen molar-refractivity contribution in [2.24, 2.45) is 0 Å². The maximum atomic E-state index is 5.12. The summed E-state index contributed by atoms with van der Waals surface area (Å²) >= 11 is 0. The van der Waals surface area contributed by atoms with E-state index in [2.05, 4.69) is 35.6 Å². The molecule has 0 atom stereocenters. The molecule has 2 rings (SSSR count). The van der Waals surface area contributed by atoms with Crippen LogP contribution in [0.3, 0.4) is 0 Å². The van der Waals surface area contributed by atoms with Gasteiger partial charge < -0.3 is 4.43 Å². The first kappa shape index (κ1) is 12.8. The Hall–Kier alpha value is -0.603. The van der Waals surface area contributed by atoms with E-state index in [1.54, 1.807) is 5.56 Å². The molecule has 0 spiro atoms. The fourth-order valence-electron chi connectivity index (χ4n) is 3.09. The largest absolute Gasteiger partial charge is 0.414 e. The average molecular weight is 245 g/mol. The van der Waals surface area contributed by atoms with Crippen molar-refractivity contribution in [3.05, 3.63) is 34.9 Å². The fourth-order valence-corrected chi connectivity index (χ4v) is 3.25. The Kier molecular flexibility index (Phi) is 4.81. The molecule has 1 fully saturated rings. The molecule has 1 aliphatic carbocycles. The second kappa shape index (κ2) is 6.36. The Morgan fingerprint density at radius 2 is 2.00 bits per heavy atom. The zero-order valence-corrected chi connectivity index (χ0v) is 11.7. The van der Waals surface area contributed by atoms with Crippen molar-refractivity contribution in [3.63, 3.8) is 0 Å². The Morgan fingerprint density at radius 1 is 1.24 bits per heavy atom. The summed E-state index contributed by atoms with van der Waals surface area (Å²) in [6.45, 7) is 2.92. The molecule has 0 heterocycles. The van der Waals surface area contributed by atoms with Crippen LogP contribution in [0.2, 0.25) is 0 Å². The van der Waals surface area contributed by atoms with Gasteiger partial charge in [0.05, 0.1) is 6.61 Å². The summed E-state index contributed by atoms with van der Waals surface area (Å²) in [5.74, 6) is 0.786. The Morgan fingerprint density at radius 3 is 2.65 bits per heavy atom. The van der Waals surface area contributed by atoms with E-state index in [1.807, 2.05) is 0 Å². The Labute approximate surface area is 108 Å². The Bertz CT molecular complexity index is 356. The second-order valence-corrected chi connectivity index (χ2v) is 5.25. The summed E-state index contributed by atoms with van der Waals surface area (Å²) in [6.07, 6.45) is 8.05. The predicted octanol–water partition coefficient (Wildman–Crippen LogP) is 3.90. The molecule has 3 radical (unpaired) electrons. The van der Waals surface area contributed by atoms with E-state index >= 15 is 0 Å². The predicted molar refractivity (Wildman–Crippen MR) is 72.2 cm³/mol. The molecule has 0 unspecified atom stereocenters. The van der Waals surface area contributed by atoms with Gasteiger partial charge in [0.15, 0.2) is 0 Å². The van der Waals surface area contributed by atoms with E-state index in [4.69, 9.17) is 4.43 Å². The summed E-state index contributed by atoms with van der Waals surface area (Å²) in [7, 11) is 3.12. The molecule has 1 nitrogen and oxygen atoms in total. The fraction of sp³-hybridized carbons (Fsp3) is 0.600. The standard InChI is InChI=1S/C15H21OSi/c1-2-14-13(11-16-17)9-6-10-15(14)12-7-4-3-5-8-12/h6,9-10,12H,2-5,7-8,11H2,1H3. The maximum Gasteiger partial charge on any atom is 0.246 e. The average Bonchev–Trinajstić information content (AvgIpc) is 2.40. The van der Waals surface area contributed by atoms with Crippen LogP contribution in [-0.2, 0) is 17.5 Å². The van der Waals surface area contributed by atoms with Crippen LogP contribution in [0.15, 0.2) is 18.2 Å². The minimum atomic E-state index is 0.667. The van der Waals surface area contributed by atoms with Crippen molar-refractivity contribution >= 4 is 10.5 Å². The van der Waals surface area contributed by atoms with Crippen LogP contribution >= 0.6 is 0 Å². The molecule has 1 saturated carbocycles. The molecule has 0 amide bonds. The van der Waals surface area contributed by atoms with Crippen LogP contribution in [0.5, 0.6) is 0 Å². The van der Waals surface area contributed by atoms with E-state index in [0.29, 0.717) is 6.61 Å². The summed E-state index contributed by atoms with van der Waals surface area (Å²) < 4.78 is 5.12. The molecule has 1 aliphatic rings. The van der Waals surface area contributed by atoms with E-state index < -0.39 is 0 Å². The van der Waals surface area contributed by atoms with Gasteiger partial charge in [-0.2, -0.15) is 0 Å². The van der Waals surface area contributed by atoms with Crippen molar-refractivity contribution in [3.8, 4) is 0 Å². The van der Waals surface area contributed by atoms with Crippen LogP contribution in [0, 0.1) is 0 Å². The first-order chi connectivity index (χ1) is 8.36. The van der Waals surface area contributed by atoms with Crippen molar-refractivity contribution in [2.75, 3.05) is 0 Å². The minimum absolute atomic E-state index is 0.667. The smallest absolute Gasteiger partial charge is 0.246 e. The quantitative estimate of drug-likeness (QED) is 0.731. The molecule has 0 aromatic heterocycles. The van der Waals surface area contributed by atoms with Gasteiger partial charge in [0.25, 0.3) is 0 Å². The highest BCUT2D eigenvalue weighted by Crippen LogP contribution is 2.35. The van der Waals surface area contributed by atoms with Gasteiger partial charge in [-0.25, -0.2) is 0 Å². The lowest BCUT2D eigenvalue weighted by molar-refractivity contribution is 0.336. The topological polar surface area (TPSA) is 9.23 Å². The summed E-state index contributed by atoms with van der Waals surface area (Å²) in [5, 5.41) is 0. The monoisotopic (exact) mass is 245 g/mol. The lowest BCUT2D eigenvalue weighted by atomic mass is 9.80. The van der Waals surface area contributed by atoms with Crippen molar-refractivity contribution in [2.45, 2.75) is 58.0 Å². The third-order valence-electron chi connectivity index (χ3n) is 3.94. The molecule has 1 aromatic carbocycles. The number of hydrogen-bond donors (Lipinski definition) is 0. The lowest BCUT2D eigenvalue weighted by Gasteiger charge is -2.25. The zero-order valence-electron chi connectivity index (χ0n) is 10.7. The van der Waals surface area contributed by atoms with E-state index in [9.17, 15) is 0 Å². The van der Waals surface area contributed by atoms with Crippen molar-refractivity contribution < 1.29 is 4.43 Å². The van der Waals surface area contributed by atoms with Gasteiger partial charge in [0, 0.05) is 0 Å². The van der Waals surface area contributed by atoms with Gasteiger partial charge in [-0.15, -0.1) is 0 Å². The van der Waals surface area contributed by atoms with Crippen molar-refractivity contribution in [1.29, 1.82) is 0 Å². The van der Waals surface area contributed by atoms with E-state index in [-0.39, 0.29) is 0 Å². The zero-order chi connectivity index (χ0) is 12.1. The van der Waals surface area contributed by atoms with E-state index in [1.165, 1.54) is 43.2 Å². The lowest BCUT2D eigenvalue weighted by Crippen LogP contribution is -2.09. The third kappa shape index (κ3) is 2.99. The summed E-state index contributed by atoms with van der Waals surface area (Å²) in [4.78, 5) is 0. The first-order valence-electron chi connectivity index (χ1n) is 6.76. The van der Waals surface area contributed by atoms with Gasteiger partial charge in [-0.05, 0) is 41.9 Å². The molecular formula is C15H21OSi. The molecule has 17 heavy (non-hydrogen) atoms. The van der Waals surface area contributed by atoms with Crippen LogP contribution < -0.4 is 0 Å². The highest BCUT2D eigenvalue weighted by Gasteiger charge is 2.19. The number of rotatable bonds is 4. The highest BCUT2D eigenvalue weighted by atomic mass is 28.2. The van der Waals surface area contributed by atoms with E-state index in [0.717, 1.165) is 12.3 Å². The summed E-state index contributed by atoms with van der Waals surface area (Å²) in [6, 6.07) is 6.70. The number of benzene rings is 1. The molecule has 91 valence electrons. The van der Waals surface area contributed by atoms with Crippen LogP contribution in [0.1, 0.15) is 61.6 Å². The third-order valence-corrected chi connectivity index (χ3v) is 4.08. The molecule has 0 bridgehead atoms. The first-order valence-corrected chi connectivity index (χ1v) is 7.16. The van der Waals surface area contributed by atoms with Crippen LogP contribution in [-0.4, -0.2) is 10.5 Å². The van der Waals surface area contributed by atoms with Gasteiger partial charge in [-0.1, -0.05) is 44.4 Å². The van der Waals surface area contributed by atoms with Gasteiger partial charge >= 0.3 is 0 Å². The number of hydrogen-bond acceptors (Lipinski definition) is 1. The molecule has 1 aromatic rings. The second-order valence-electron chi connectivity index (χ2n) is 4.96.